The Morgan fingerprint density at radius 1 is 1.24 bits per heavy atom. The Labute approximate surface area is 133 Å². The van der Waals surface area contributed by atoms with E-state index in [2.05, 4.69) is 47.8 Å². The number of thiophene rings is 1. The number of likely N-dealkylation sites (tertiary alicyclic amines) is 1. The quantitative estimate of drug-likeness (QED) is 0.890. The number of hydrogen-bond donors (Lipinski definition) is 1. The Balaban J connectivity index is 1.60. The first-order valence-electron chi connectivity index (χ1n) is 8.64. The van der Waals surface area contributed by atoms with Crippen LogP contribution in [0.4, 0.5) is 0 Å². The molecule has 118 valence electrons. The normalized spacial score (nSPS) is 31.5. The number of nitrogens with one attached hydrogen (secondary N) is 1. The summed E-state index contributed by atoms with van der Waals surface area (Å²) in [5, 5.41) is 8.48. The van der Waals surface area contributed by atoms with E-state index in [1.165, 1.54) is 44.3 Å². The lowest BCUT2D eigenvalue weighted by molar-refractivity contribution is 0.0258. The summed E-state index contributed by atoms with van der Waals surface area (Å²) in [5.41, 5.74) is 1.49. The van der Waals surface area contributed by atoms with E-state index in [-0.39, 0.29) is 0 Å². The van der Waals surface area contributed by atoms with E-state index in [1.807, 2.05) is 11.3 Å². The average Bonchev–Trinajstić information content (AvgIpc) is 2.90. The summed E-state index contributed by atoms with van der Waals surface area (Å²) in [7, 11) is 0. The molecule has 2 bridgehead atoms. The summed E-state index contributed by atoms with van der Waals surface area (Å²) >= 11 is 1.81. The topological polar surface area (TPSA) is 15.3 Å². The largest absolute Gasteiger partial charge is 0.311 e. The van der Waals surface area contributed by atoms with Crippen LogP contribution in [0.3, 0.4) is 0 Å². The van der Waals surface area contributed by atoms with Crippen LogP contribution in [0, 0.1) is 11.8 Å². The summed E-state index contributed by atoms with van der Waals surface area (Å²) < 4.78 is 0. The van der Waals surface area contributed by atoms with Gasteiger partial charge in [0.05, 0.1) is 0 Å². The van der Waals surface area contributed by atoms with E-state index < -0.39 is 0 Å². The van der Waals surface area contributed by atoms with Gasteiger partial charge >= 0.3 is 0 Å². The molecule has 0 radical (unpaired) electrons. The summed E-state index contributed by atoms with van der Waals surface area (Å²) in [6, 6.07) is 4.32. The highest BCUT2D eigenvalue weighted by molar-refractivity contribution is 7.07. The van der Waals surface area contributed by atoms with Gasteiger partial charge in [0, 0.05) is 31.2 Å². The van der Waals surface area contributed by atoms with Gasteiger partial charge in [-0.2, -0.15) is 11.3 Å². The van der Waals surface area contributed by atoms with Crippen molar-refractivity contribution < 1.29 is 0 Å². The molecule has 0 amide bonds. The third kappa shape index (κ3) is 3.69. The predicted molar refractivity (Wildman–Crippen MR) is 91.9 cm³/mol. The second-order valence-electron chi connectivity index (χ2n) is 7.43. The van der Waals surface area contributed by atoms with Gasteiger partial charge in [-0.3, -0.25) is 0 Å². The standard InChI is InChI=1S/C18H30N2S/c1-13(2)20-10-16-5-4-6-17(11-20)18(16)19-14(3)9-15-7-8-21-12-15/h7-8,12-14,16-19H,4-6,9-11H2,1-3H3. The molecule has 3 atom stereocenters. The molecule has 2 aliphatic rings. The van der Waals surface area contributed by atoms with Crippen LogP contribution in [0.25, 0.3) is 0 Å². The molecule has 1 aliphatic heterocycles. The van der Waals surface area contributed by atoms with Gasteiger partial charge in [-0.15, -0.1) is 0 Å². The predicted octanol–water partition coefficient (Wildman–Crippen LogP) is 3.78. The van der Waals surface area contributed by atoms with E-state index in [4.69, 9.17) is 0 Å². The molecule has 1 saturated carbocycles. The molecular weight excluding hydrogens is 276 g/mol. The second-order valence-corrected chi connectivity index (χ2v) is 8.21. The molecule has 1 aromatic heterocycles. The SMILES string of the molecule is CC(Cc1ccsc1)NC1C2CCCC1CN(C(C)C)C2. The Bertz CT molecular complexity index is 414. The fourth-order valence-electron chi connectivity index (χ4n) is 4.32. The molecule has 3 rings (SSSR count). The Kier molecular flexibility index (Phi) is 5.03. The molecule has 1 aromatic rings. The molecule has 1 saturated heterocycles. The van der Waals surface area contributed by atoms with Gasteiger partial charge in [-0.25, -0.2) is 0 Å². The third-order valence-electron chi connectivity index (χ3n) is 5.43. The minimum Gasteiger partial charge on any atom is -0.311 e. The highest BCUT2D eigenvalue weighted by Crippen LogP contribution is 2.36. The van der Waals surface area contributed by atoms with Gasteiger partial charge in [0.25, 0.3) is 0 Å². The first-order valence-corrected chi connectivity index (χ1v) is 9.59. The van der Waals surface area contributed by atoms with Crippen molar-refractivity contribution in [3.05, 3.63) is 22.4 Å². The summed E-state index contributed by atoms with van der Waals surface area (Å²) in [6.07, 6.45) is 5.46. The molecule has 3 unspecified atom stereocenters. The molecule has 3 heteroatoms. The molecule has 2 fully saturated rings. The van der Waals surface area contributed by atoms with Crippen LogP contribution in [-0.2, 0) is 6.42 Å². The van der Waals surface area contributed by atoms with Crippen molar-refractivity contribution >= 4 is 11.3 Å². The lowest BCUT2D eigenvalue weighted by atomic mass is 9.73. The summed E-state index contributed by atoms with van der Waals surface area (Å²) in [5.74, 6) is 1.73. The molecule has 1 aliphatic carbocycles. The van der Waals surface area contributed by atoms with E-state index in [0.717, 1.165) is 17.9 Å². The average molecular weight is 307 g/mol. The van der Waals surface area contributed by atoms with E-state index >= 15 is 0 Å². The van der Waals surface area contributed by atoms with Crippen LogP contribution in [0.1, 0.15) is 45.6 Å². The highest BCUT2D eigenvalue weighted by Gasteiger charge is 2.40. The van der Waals surface area contributed by atoms with Gasteiger partial charge in [0.1, 0.15) is 0 Å². The van der Waals surface area contributed by atoms with Crippen LogP contribution in [0.5, 0.6) is 0 Å². The Morgan fingerprint density at radius 3 is 2.52 bits per heavy atom. The molecular formula is C18H30N2S. The maximum absolute atomic E-state index is 4.00. The fourth-order valence-corrected chi connectivity index (χ4v) is 5.00. The first kappa shape index (κ1) is 15.5. The van der Waals surface area contributed by atoms with Gasteiger partial charge in [0.2, 0.25) is 0 Å². The van der Waals surface area contributed by atoms with Crippen molar-refractivity contribution in [3.63, 3.8) is 0 Å². The Hall–Kier alpha value is -0.380. The monoisotopic (exact) mass is 306 g/mol. The number of fused-ring (bicyclic) bond motifs is 2. The van der Waals surface area contributed by atoms with Crippen LogP contribution in [-0.4, -0.2) is 36.1 Å². The van der Waals surface area contributed by atoms with Crippen molar-refractivity contribution in [2.45, 2.75) is 64.6 Å². The lowest BCUT2D eigenvalue weighted by Gasteiger charge is -2.49. The van der Waals surface area contributed by atoms with Crippen molar-refractivity contribution in [2.24, 2.45) is 11.8 Å². The molecule has 0 spiro atoms. The van der Waals surface area contributed by atoms with Gasteiger partial charge < -0.3 is 10.2 Å². The number of hydrogen-bond acceptors (Lipinski definition) is 3. The molecule has 21 heavy (non-hydrogen) atoms. The minimum absolute atomic E-state index is 0.596. The van der Waals surface area contributed by atoms with Gasteiger partial charge in [0.15, 0.2) is 0 Å². The van der Waals surface area contributed by atoms with Gasteiger partial charge in [-0.05, 0) is 74.3 Å². The van der Waals surface area contributed by atoms with Crippen LogP contribution < -0.4 is 5.32 Å². The van der Waals surface area contributed by atoms with E-state index in [9.17, 15) is 0 Å². The maximum Gasteiger partial charge on any atom is 0.0151 e. The zero-order valence-electron chi connectivity index (χ0n) is 13.7. The zero-order chi connectivity index (χ0) is 14.8. The fraction of sp³-hybridized carbons (Fsp3) is 0.778. The second kappa shape index (κ2) is 6.80. The van der Waals surface area contributed by atoms with E-state index in [0.29, 0.717) is 12.1 Å². The number of rotatable bonds is 5. The van der Waals surface area contributed by atoms with Crippen molar-refractivity contribution in [2.75, 3.05) is 13.1 Å². The minimum atomic E-state index is 0.596. The Morgan fingerprint density at radius 2 is 1.95 bits per heavy atom. The highest BCUT2D eigenvalue weighted by atomic mass is 32.1. The van der Waals surface area contributed by atoms with Crippen molar-refractivity contribution in [3.8, 4) is 0 Å². The molecule has 0 aromatic carbocycles. The van der Waals surface area contributed by atoms with Crippen molar-refractivity contribution in [1.82, 2.24) is 10.2 Å². The van der Waals surface area contributed by atoms with Crippen LogP contribution >= 0.6 is 11.3 Å². The number of piperidine rings is 1. The lowest BCUT2D eigenvalue weighted by Crippen LogP contribution is -2.59. The molecule has 2 nitrogen and oxygen atoms in total. The first-order chi connectivity index (χ1) is 10.1. The van der Waals surface area contributed by atoms with Gasteiger partial charge in [-0.1, -0.05) is 6.42 Å². The smallest absolute Gasteiger partial charge is 0.0151 e. The summed E-state index contributed by atoms with van der Waals surface area (Å²) in [6.45, 7) is 9.67. The zero-order valence-corrected chi connectivity index (χ0v) is 14.5. The van der Waals surface area contributed by atoms with Crippen molar-refractivity contribution in [1.29, 1.82) is 0 Å². The number of nitrogens with zero attached hydrogens (tertiary/aromatic N) is 1. The molecule has 1 N–H and O–H groups in total. The van der Waals surface area contributed by atoms with E-state index in [1.54, 1.807) is 0 Å². The maximum atomic E-state index is 4.00. The van der Waals surface area contributed by atoms with Crippen LogP contribution in [0.15, 0.2) is 16.8 Å². The van der Waals surface area contributed by atoms with Crippen LogP contribution in [0.2, 0.25) is 0 Å². The molecule has 2 heterocycles. The third-order valence-corrected chi connectivity index (χ3v) is 6.16. The summed E-state index contributed by atoms with van der Waals surface area (Å²) in [4.78, 5) is 2.70.